The van der Waals surface area contributed by atoms with Crippen molar-refractivity contribution in [3.63, 3.8) is 0 Å². The van der Waals surface area contributed by atoms with Gasteiger partial charge in [0.1, 0.15) is 0 Å². The van der Waals surface area contributed by atoms with Crippen LogP contribution in [-0.4, -0.2) is 52.5 Å². The molecule has 2 saturated carbocycles. The van der Waals surface area contributed by atoms with Gasteiger partial charge in [-0.25, -0.2) is 4.79 Å². The lowest BCUT2D eigenvalue weighted by molar-refractivity contribution is -0.149. The molecule has 3 aliphatic rings. The van der Waals surface area contributed by atoms with E-state index >= 15 is 0 Å². The first kappa shape index (κ1) is 20.0. The summed E-state index contributed by atoms with van der Waals surface area (Å²) >= 11 is 0. The van der Waals surface area contributed by atoms with Gasteiger partial charge in [-0.1, -0.05) is 52.4 Å². The number of carbonyl (C=O) groups is 3. The SMILES string of the molecule is CC(C)CN=CC1C(=O)N(C2CCCCC2)C(=O)N(C2CCCCC2)C1=O. The zero-order valence-electron chi connectivity index (χ0n) is 16.7. The highest BCUT2D eigenvalue weighted by molar-refractivity contribution is 6.23. The Morgan fingerprint density at radius 1 is 0.852 bits per heavy atom. The van der Waals surface area contributed by atoms with Crippen LogP contribution >= 0.6 is 0 Å². The average molecular weight is 376 g/mol. The van der Waals surface area contributed by atoms with Gasteiger partial charge in [0.05, 0.1) is 0 Å². The molecule has 0 aromatic carbocycles. The maximum absolute atomic E-state index is 13.2. The first-order valence-corrected chi connectivity index (χ1v) is 10.7. The second kappa shape index (κ2) is 8.98. The minimum absolute atomic E-state index is 0.0704. The Kier molecular flexibility index (Phi) is 6.66. The van der Waals surface area contributed by atoms with Crippen LogP contribution in [0.4, 0.5) is 4.79 Å². The molecule has 0 bridgehead atoms. The van der Waals surface area contributed by atoms with Crippen LogP contribution in [-0.2, 0) is 9.59 Å². The summed E-state index contributed by atoms with van der Waals surface area (Å²) in [5, 5.41) is 0. The minimum Gasteiger partial charge on any atom is -0.296 e. The summed E-state index contributed by atoms with van der Waals surface area (Å²) in [4.78, 5) is 46.7. The Balaban J connectivity index is 1.87. The van der Waals surface area contributed by atoms with Crippen LogP contribution in [0.15, 0.2) is 4.99 Å². The van der Waals surface area contributed by atoms with Crippen LogP contribution in [0, 0.1) is 11.8 Å². The van der Waals surface area contributed by atoms with E-state index in [4.69, 9.17) is 0 Å². The summed E-state index contributed by atoms with van der Waals surface area (Å²) < 4.78 is 0. The van der Waals surface area contributed by atoms with Crippen molar-refractivity contribution in [1.82, 2.24) is 9.80 Å². The Morgan fingerprint density at radius 3 is 1.70 bits per heavy atom. The van der Waals surface area contributed by atoms with Crippen LogP contribution in [0.3, 0.4) is 0 Å². The van der Waals surface area contributed by atoms with Gasteiger partial charge in [-0.05, 0) is 31.6 Å². The zero-order valence-corrected chi connectivity index (χ0v) is 16.7. The third-order valence-electron chi connectivity index (χ3n) is 6.02. The number of aliphatic imine (C=N–C) groups is 1. The van der Waals surface area contributed by atoms with Crippen LogP contribution in [0.5, 0.6) is 0 Å². The molecule has 0 aromatic rings. The number of nitrogens with zero attached hydrogens (tertiary/aromatic N) is 3. The summed E-state index contributed by atoms with van der Waals surface area (Å²) in [6.45, 7) is 4.68. The Morgan fingerprint density at radius 2 is 1.30 bits per heavy atom. The van der Waals surface area contributed by atoms with Crippen molar-refractivity contribution in [3.8, 4) is 0 Å². The summed E-state index contributed by atoms with van der Waals surface area (Å²) in [6.07, 6.45) is 11.3. The molecule has 0 N–H and O–H groups in total. The first-order valence-electron chi connectivity index (χ1n) is 10.7. The zero-order chi connectivity index (χ0) is 19.4. The third-order valence-corrected chi connectivity index (χ3v) is 6.02. The van der Waals surface area contributed by atoms with E-state index in [0.717, 1.165) is 64.2 Å². The molecule has 0 atom stereocenters. The van der Waals surface area contributed by atoms with Gasteiger partial charge in [0.25, 0.3) is 0 Å². The van der Waals surface area contributed by atoms with Gasteiger partial charge in [0.15, 0.2) is 5.92 Å². The topological polar surface area (TPSA) is 70.1 Å². The molecule has 0 radical (unpaired) electrons. The molecule has 4 amide bonds. The monoisotopic (exact) mass is 375 g/mol. The van der Waals surface area contributed by atoms with E-state index in [-0.39, 0.29) is 29.9 Å². The largest absolute Gasteiger partial charge is 0.333 e. The molecule has 3 rings (SSSR count). The number of carbonyl (C=O) groups excluding carboxylic acids is 3. The van der Waals surface area contributed by atoms with E-state index < -0.39 is 5.92 Å². The van der Waals surface area contributed by atoms with Crippen LogP contribution < -0.4 is 0 Å². The molecule has 150 valence electrons. The number of barbiturate groups is 1. The van der Waals surface area contributed by atoms with Crippen LogP contribution in [0.2, 0.25) is 0 Å². The Labute approximate surface area is 162 Å². The summed E-state index contributed by atoms with van der Waals surface area (Å²) in [6, 6.07) is -0.518. The van der Waals surface area contributed by atoms with Gasteiger partial charge < -0.3 is 0 Å². The lowest BCUT2D eigenvalue weighted by Crippen LogP contribution is -2.65. The predicted molar refractivity (Wildman–Crippen MR) is 105 cm³/mol. The molecule has 1 heterocycles. The summed E-state index contributed by atoms with van der Waals surface area (Å²) in [5.41, 5.74) is 0. The molecule has 27 heavy (non-hydrogen) atoms. The van der Waals surface area contributed by atoms with E-state index in [9.17, 15) is 14.4 Å². The van der Waals surface area contributed by atoms with Crippen molar-refractivity contribution in [2.24, 2.45) is 16.8 Å². The number of imide groups is 2. The molecule has 0 aromatic heterocycles. The lowest BCUT2D eigenvalue weighted by atomic mass is 9.90. The molecule has 1 saturated heterocycles. The van der Waals surface area contributed by atoms with E-state index in [0.29, 0.717) is 12.5 Å². The Hall–Kier alpha value is -1.72. The molecule has 2 aliphatic carbocycles. The average Bonchev–Trinajstić information content (AvgIpc) is 2.66. The molecule has 0 spiro atoms. The van der Waals surface area contributed by atoms with E-state index in [1.807, 2.05) is 13.8 Å². The van der Waals surface area contributed by atoms with Crippen LogP contribution in [0.25, 0.3) is 0 Å². The Bertz CT molecular complexity index is 549. The highest BCUT2D eigenvalue weighted by Crippen LogP contribution is 2.32. The van der Waals surface area contributed by atoms with Gasteiger partial charge >= 0.3 is 6.03 Å². The summed E-state index contributed by atoms with van der Waals surface area (Å²) in [5.74, 6) is -1.31. The van der Waals surface area contributed by atoms with Crippen molar-refractivity contribution < 1.29 is 14.4 Å². The molecule has 6 nitrogen and oxygen atoms in total. The number of rotatable bonds is 5. The molecule has 3 fully saturated rings. The minimum atomic E-state index is -0.940. The third kappa shape index (κ3) is 4.41. The smallest absolute Gasteiger partial charge is 0.296 e. The molecule has 6 heteroatoms. The maximum atomic E-state index is 13.2. The number of hydrogen-bond donors (Lipinski definition) is 0. The van der Waals surface area contributed by atoms with Crippen molar-refractivity contribution in [3.05, 3.63) is 0 Å². The summed E-state index contributed by atoms with van der Waals surface area (Å²) in [7, 11) is 0. The maximum Gasteiger partial charge on any atom is 0.333 e. The second-order valence-electron chi connectivity index (χ2n) is 8.67. The number of amides is 4. The number of urea groups is 1. The highest BCUT2D eigenvalue weighted by atomic mass is 16.2. The van der Waals surface area contributed by atoms with E-state index in [1.54, 1.807) is 0 Å². The van der Waals surface area contributed by atoms with Gasteiger partial charge in [-0.2, -0.15) is 0 Å². The fourth-order valence-electron chi connectivity index (χ4n) is 4.57. The molecule has 1 aliphatic heterocycles. The van der Waals surface area contributed by atoms with Gasteiger partial charge in [-0.3, -0.25) is 24.4 Å². The van der Waals surface area contributed by atoms with Gasteiger partial charge in [-0.15, -0.1) is 0 Å². The molecule has 0 unspecified atom stereocenters. The first-order chi connectivity index (χ1) is 13.0. The molecular weight excluding hydrogens is 342 g/mol. The van der Waals surface area contributed by atoms with E-state index in [1.165, 1.54) is 16.0 Å². The fraction of sp³-hybridized carbons (Fsp3) is 0.810. The second-order valence-corrected chi connectivity index (χ2v) is 8.67. The number of hydrogen-bond acceptors (Lipinski definition) is 4. The van der Waals surface area contributed by atoms with Crippen molar-refractivity contribution in [1.29, 1.82) is 0 Å². The van der Waals surface area contributed by atoms with Crippen molar-refractivity contribution >= 4 is 24.1 Å². The normalized spacial score (nSPS) is 24.6. The van der Waals surface area contributed by atoms with Crippen LogP contribution in [0.1, 0.15) is 78.1 Å². The standard InChI is InChI=1S/C21H33N3O3/c1-15(2)13-22-14-18-19(25)23(16-9-5-3-6-10-16)21(27)24(20(18)26)17-11-7-4-8-12-17/h14-18H,3-13H2,1-2H3. The van der Waals surface area contributed by atoms with Gasteiger partial charge in [0, 0.05) is 24.8 Å². The molecular formula is C21H33N3O3. The van der Waals surface area contributed by atoms with Crippen molar-refractivity contribution in [2.75, 3.05) is 6.54 Å². The van der Waals surface area contributed by atoms with Gasteiger partial charge in [0.2, 0.25) is 11.8 Å². The van der Waals surface area contributed by atoms with E-state index in [2.05, 4.69) is 4.99 Å². The lowest BCUT2D eigenvalue weighted by Gasteiger charge is -2.44. The van der Waals surface area contributed by atoms with Crippen molar-refractivity contribution in [2.45, 2.75) is 90.1 Å². The quantitative estimate of drug-likeness (QED) is 0.542. The highest BCUT2D eigenvalue weighted by Gasteiger charge is 2.49. The fourth-order valence-corrected chi connectivity index (χ4v) is 4.57. The predicted octanol–water partition coefficient (Wildman–Crippen LogP) is 3.79.